The molecule has 0 radical (unpaired) electrons. The molecule has 2 saturated heterocycles. The highest BCUT2D eigenvalue weighted by Gasteiger charge is 2.29. The zero-order chi connectivity index (χ0) is 26.1. The van der Waals surface area contributed by atoms with Gasteiger partial charge in [-0.1, -0.05) is 35.9 Å². The molecule has 38 heavy (non-hydrogen) atoms. The van der Waals surface area contributed by atoms with Crippen LogP contribution in [-0.4, -0.2) is 45.2 Å². The van der Waals surface area contributed by atoms with Gasteiger partial charge in [-0.25, -0.2) is 14.4 Å². The average molecular weight is 535 g/mol. The Bertz CT molecular complexity index is 1410. The molecule has 0 aliphatic carbocycles. The smallest absolute Gasteiger partial charge is 0.213 e. The Morgan fingerprint density at radius 1 is 1.05 bits per heavy atom. The number of fused-ring (bicyclic) bond motifs is 1. The molecule has 2 aromatic carbocycles. The predicted octanol–water partition coefficient (Wildman–Crippen LogP) is 6.53. The van der Waals surface area contributed by atoms with Gasteiger partial charge >= 0.3 is 0 Å². The number of hydrogen-bond acceptors (Lipinski definition) is 5. The third kappa shape index (κ3) is 5.28. The van der Waals surface area contributed by atoms with Crippen LogP contribution in [-0.2, 0) is 17.9 Å². The summed E-state index contributed by atoms with van der Waals surface area (Å²) in [4.78, 5) is 12.3. The van der Waals surface area contributed by atoms with Crippen LogP contribution in [0.3, 0.4) is 0 Å². The van der Waals surface area contributed by atoms with Gasteiger partial charge < -0.3 is 14.0 Å². The van der Waals surface area contributed by atoms with Gasteiger partial charge in [0.15, 0.2) is 0 Å². The van der Waals surface area contributed by atoms with Crippen LogP contribution in [0.5, 0.6) is 5.88 Å². The standard InChI is InChI=1S/C30H32ClFN4O2/c1-20(30-34-27-5-2-3-7-28(27)36(30)18-24-13-16-37-24)35-14-11-21(12-15-35)26-6-4-8-29(33-26)38-19-22-9-10-23(31)17-25(22)32/h2-10,17,20-21,24H,11-16,18-19H2,1H3/t20-,24-/m0/s1. The van der Waals surface area contributed by atoms with E-state index in [0.717, 1.165) is 62.5 Å². The molecule has 6 rings (SSSR count). The molecular weight excluding hydrogens is 503 g/mol. The zero-order valence-corrected chi connectivity index (χ0v) is 22.3. The summed E-state index contributed by atoms with van der Waals surface area (Å²) < 4.78 is 28.1. The first-order valence-electron chi connectivity index (χ1n) is 13.4. The Hall–Kier alpha value is -3.00. The van der Waals surface area contributed by atoms with Crippen molar-refractivity contribution in [3.05, 3.63) is 88.6 Å². The monoisotopic (exact) mass is 534 g/mol. The Labute approximate surface area is 227 Å². The first kappa shape index (κ1) is 25.3. The molecule has 0 unspecified atom stereocenters. The Balaban J connectivity index is 1.11. The number of nitrogens with zero attached hydrogens (tertiary/aromatic N) is 4. The average Bonchev–Trinajstić information content (AvgIpc) is 3.28. The van der Waals surface area contributed by atoms with Crippen molar-refractivity contribution in [3.63, 3.8) is 0 Å². The lowest BCUT2D eigenvalue weighted by molar-refractivity contribution is -0.0594. The number of para-hydroxylation sites is 2. The molecule has 2 atom stereocenters. The van der Waals surface area contributed by atoms with Gasteiger partial charge in [0.1, 0.15) is 18.2 Å². The van der Waals surface area contributed by atoms with Gasteiger partial charge in [0, 0.05) is 34.9 Å². The number of benzene rings is 2. The Morgan fingerprint density at radius 2 is 1.87 bits per heavy atom. The molecule has 0 bridgehead atoms. The van der Waals surface area contributed by atoms with E-state index in [4.69, 9.17) is 31.0 Å². The number of hydrogen-bond donors (Lipinski definition) is 0. The quantitative estimate of drug-likeness (QED) is 0.257. The van der Waals surface area contributed by atoms with Crippen molar-refractivity contribution in [1.29, 1.82) is 0 Å². The SMILES string of the molecule is C[C@@H](c1nc2ccccc2n1C[C@@H]1CCO1)N1CCC(c2cccc(OCc3ccc(Cl)cc3F)n2)CC1. The van der Waals surface area contributed by atoms with E-state index in [-0.39, 0.29) is 24.6 Å². The molecule has 0 saturated carbocycles. The third-order valence-electron chi connectivity index (χ3n) is 7.87. The largest absolute Gasteiger partial charge is 0.473 e. The molecule has 8 heteroatoms. The van der Waals surface area contributed by atoms with Crippen molar-refractivity contribution < 1.29 is 13.9 Å². The van der Waals surface area contributed by atoms with Gasteiger partial charge in [0.25, 0.3) is 0 Å². The molecule has 2 aliphatic heterocycles. The van der Waals surface area contributed by atoms with Crippen molar-refractivity contribution >= 4 is 22.6 Å². The molecule has 198 valence electrons. The first-order valence-corrected chi connectivity index (χ1v) is 13.8. The van der Waals surface area contributed by atoms with E-state index in [2.05, 4.69) is 46.7 Å². The summed E-state index contributed by atoms with van der Waals surface area (Å²) in [6, 6.07) is 19.1. The van der Waals surface area contributed by atoms with E-state index in [1.165, 1.54) is 11.6 Å². The fourth-order valence-electron chi connectivity index (χ4n) is 5.51. The van der Waals surface area contributed by atoms with Gasteiger partial charge in [-0.15, -0.1) is 0 Å². The van der Waals surface area contributed by atoms with Crippen molar-refractivity contribution in [2.75, 3.05) is 19.7 Å². The Morgan fingerprint density at radius 3 is 2.63 bits per heavy atom. The van der Waals surface area contributed by atoms with Crippen LogP contribution >= 0.6 is 11.6 Å². The molecule has 4 heterocycles. The lowest BCUT2D eigenvalue weighted by Gasteiger charge is -2.36. The van der Waals surface area contributed by atoms with Crippen LogP contribution in [0.4, 0.5) is 4.39 Å². The number of rotatable bonds is 8. The van der Waals surface area contributed by atoms with Gasteiger partial charge in [-0.2, -0.15) is 0 Å². The first-order chi connectivity index (χ1) is 18.5. The maximum atomic E-state index is 14.1. The highest BCUT2D eigenvalue weighted by atomic mass is 35.5. The van der Waals surface area contributed by atoms with Crippen LogP contribution in [0, 0.1) is 5.82 Å². The zero-order valence-electron chi connectivity index (χ0n) is 21.5. The number of halogens is 2. The van der Waals surface area contributed by atoms with Crippen molar-refractivity contribution in [3.8, 4) is 5.88 Å². The lowest BCUT2D eigenvalue weighted by Crippen LogP contribution is -2.37. The van der Waals surface area contributed by atoms with E-state index in [1.54, 1.807) is 12.1 Å². The maximum Gasteiger partial charge on any atom is 0.213 e. The summed E-state index contributed by atoms with van der Waals surface area (Å²) in [5, 5.41) is 0.372. The second kappa shape index (κ2) is 11.0. The van der Waals surface area contributed by atoms with E-state index in [0.29, 0.717) is 22.4 Å². The van der Waals surface area contributed by atoms with Gasteiger partial charge in [-0.05, 0) is 69.6 Å². The Kier molecular flexibility index (Phi) is 7.32. The molecular formula is C30H32ClFN4O2. The van der Waals surface area contributed by atoms with Gasteiger partial charge in [0.05, 0.1) is 29.7 Å². The van der Waals surface area contributed by atoms with Crippen molar-refractivity contribution in [1.82, 2.24) is 19.4 Å². The number of pyridine rings is 1. The fraction of sp³-hybridized carbons (Fsp3) is 0.400. The molecule has 4 aromatic rings. The number of likely N-dealkylation sites (tertiary alicyclic amines) is 1. The molecule has 6 nitrogen and oxygen atoms in total. The summed E-state index contributed by atoms with van der Waals surface area (Å²) in [7, 11) is 0. The molecule has 2 aromatic heterocycles. The summed E-state index contributed by atoms with van der Waals surface area (Å²) in [5.41, 5.74) is 3.71. The topological polar surface area (TPSA) is 52.4 Å². The van der Waals surface area contributed by atoms with Gasteiger partial charge in [-0.3, -0.25) is 4.90 Å². The molecule has 2 fully saturated rings. The van der Waals surface area contributed by atoms with Crippen molar-refractivity contribution in [2.45, 2.75) is 57.4 Å². The predicted molar refractivity (Wildman–Crippen MR) is 146 cm³/mol. The van der Waals surface area contributed by atoms with Crippen LogP contribution in [0.2, 0.25) is 5.02 Å². The number of ether oxygens (including phenoxy) is 2. The minimum atomic E-state index is -0.371. The molecule has 2 aliphatic rings. The van der Waals surface area contributed by atoms with E-state index >= 15 is 0 Å². The summed E-state index contributed by atoms with van der Waals surface area (Å²) >= 11 is 5.85. The second-order valence-corrected chi connectivity index (χ2v) is 10.7. The number of piperidine rings is 1. The highest BCUT2D eigenvalue weighted by Crippen LogP contribution is 2.33. The number of imidazole rings is 1. The number of aromatic nitrogens is 3. The van der Waals surface area contributed by atoms with E-state index in [9.17, 15) is 4.39 Å². The second-order valence-electron chi connectivity index (χ2n) is 10.3. The lowest BCUT2D eigenvalue weighted by atomic mass is 9.92. The minimum absolute atomic E-state index is 0.113. The third-order valence-corrected chi connectivity index (χ3v) is 8.10. The van der Waals surface area contributed by atoms with Crippen molar-refractivity contribution in [2.24, 2.45) is 0 Å². The van der Waals surface area contributed by atoms with Crippen LogP contribution in [0.1, 0.15) is 55.2 Å². The van der Waals surface area contributed by atoms with Gasteiger partial charge in [0.2, 0.25) is 5.88 Å². The summed E-state index contributed by atoms with van der Waals surface area (Å²) in [6.45, 7) is 6.03. The van der Waals surface area contributed by atoms with Crippen LogP contribution in [0.15, 0.2) is 60.7 Å². The molecule has 0 amide bonds. The normalized spacial score (nSPS) is 19.4. The maximum absolute atomic E-state index is 14.1. The van der Waals surface area contributed by atoms with Crippen LogP contribution < -0.4 is 4.74 Å². The minimum Gasteiger partial charge on any atom is -0.473 e. The van der Waals surface area contributed by atoms with Crippen LogP contribution in [0.25, 0.3) is 11.0 Å². The van der Waals surface area contributed by atoms with E-state index in [1.807, 2.05) is 12.1 Å². The molecule has 0 N–H and O–H groups in total. The van der Waals surface area contributed by atoms with E-state index < -0.39 is 0 Å². The fourth-order valence-corrected chi connectivity index (χ4v) is 5.67. The summed E-state index contributed by atoms with van der Waals surface area (Å²) in [5.74, 6) is 1.61. The summed E-state index contributed by atoms with van der Waals surface area (Å²) in [6.07, 6.45) is 3.41. The molecule has 0 spiro atoms. The highest BCUT2D eigenvalue weighted by molar-refractivity contribution is 6.30.